The van der Waals surface area contributed by atoms with Crippen LogP contribution < -0.4 is 22.2 Å². The molecule has 5 rings (SSSR count). The molecule has 3 aromatic rings. The maximum atomic E-state index is 12.9. The summed E-state index contributed by atoms with van der Waals surface area (Å²) in [5.74, 6) is 2.90. The van der Waals surface area contributed by atoms with Gasteiger partial charge < -0.3 is 0 Å². The zero-order valence-corrected chi connectivity index (χ0v) is 16.9. The van der Waals surface area contributed by atoms with Gasteiger partial charge in [-0.3, -0.25) is 28.3 Å². The first kappa shape index (κ1) is 18.5. The lowest BCUT2D eigenvalue weighted by Crippen LogP contribution is -2.27. The lowest BCUT2D eigenvalue weighted by atomic mass is 9.84. The molecule has 152 valence electrons. The monoisotopic (exact) mass is 394 g/mol. The fourth-order valence-electron chi connectivity index (χ4n) is 6.40. The molecular weight excluding hydrogens is 368 g/mol. The van der Waals surface area contributed by atoms with E-state index in [0.29, 0.717) is 12.5 Å². The lowest BCUT2D eigenvalue weighted by Gasteiger charge is -2.21. The number of nitrogens with zero attached hydrogens (tertiary/aromatic N) is 2. The summed E-state index contributed by atoms with van der Waals surface area (Å²) < 4.78 is 2.35. The first-order valence-electron chi connectivity index (χ1n) is 10.8. The Balaban J connectivity index is 1.50. The molecule has 6 nitrogen and oxygen atoms in total. The molecular formula is C23H26N2O4. The van der Waals surface area contributed by atoms with Crippen LogP contribution in [-0.4, -0.2) is 9.13 Å². The molecule has 6 heteroatoms. The fraction of sp³-hybridized carbons (Fsp3) is 0.565. The number of rotatable bonds is 5. The fourth-order valence-corrected chi connectivity index (χ4v) is 6.40. The summed E-state index contributed by atoms with van der Waals surface area (Å²) in [6.07, 6.45) is 7.23. The van der Waals surface area contributed by atoms with Gasteiger partial charge in [0.1, 0.15) is 0 Å². The molecule has 0 spiro atoms. The number of aromatic nitrogens is 2. The Morgan fingerprint density at radius 3 is 2.03 bits per heavy atom. The highest BCUT2D eigenvalue weighted by Crippen LogP contribution is 2.55. The molecule has 2 bridgehead atoms. The van der Waals surface area contributed by atoms with Gasteiger partial charge in [0.2, 0.25) is 0 Å². The Labute approximate surface area is 167 Å². The Morgan fingerprint density at radius 1 is 0.862 bits per heavy atom. The average molecular weight is 394 g/mol. The molecule has 1 aromatic carbocycles. The molecule has 0 aliphatic heterocycles. The number of fused-ring (bicyclic) bond motifs is 4. The summed E-state index contributed by atoms with van der Waals surface area (Å²) in [4.78, 5) is 50.3. The van der Waals surface area contributed by atoms with Crippen LogP contribution in [0.2, 0.25) is 0 Å². The van der Waals surface area contributed by atoms with Gasteiger partial charge >= 0.3 is 0 Å². The standard InChI is InChI=1S/C23H26N2O4/c1-3-4-12-9-13-5-6-14(12)15(13)7-8-25-22(28)18-10-16-17(11-19(18)23(25)29)21(27)24(2)20(16)26/h10-15H,3-9H2,1-2H3. The van der Waals surface area contributed by atoms with Crippen molar-refractivity contribution in [3.05, 3.63) is 53.5 Å². The second-order valence-corrected chi connectivity index (χ2v) is 9.11. The van der Waals surface area contributed by atoms with Crippen molar-refractivity contribution in [1.29, 1.82) is 0 Å². The van der Waals surface area contributed by atoms with Crippen molar-refractivity contribution in [3.63, 3.8) is 0 Å². The van der Waals surface area contributed by atoms with Gasteiger partial charge in [0, 0.05) is 13.6 Å². The molecule has 29 heavy (non-hydrogen) atoms. The van der Waals surface area contributed by atoms with E-state index in [0.717, 1.165) is 28.7 Å². The van der Waals surface area contributed by atoms with Gasteiger partial charge in [0.25, 0.3) is 22.2 Å². The summed E-state index contributed by atoms with van der Waals surface area (Å²) in [6.45, 7) is 2.67. The molecule has 2 aromatic heterocycles. The van der Waals surface area contributed by atoms with Gasteiger partial charge in [-0.05, 0) is 61.5 Å². The predicted octanol–water partition coefficient (Wildman–Crippen LogP) is 2.30. The van der Waals surface area contributed by atoms with Crippen molar-refractivity contribution in [2.45, 2.75) is 52.0 Å². The van der Waals surface area contributed by atoms with Gasteiger partial charge in [-0.2, -0.15) is 0 Å². The van der Waals surface area contributed by atoms with Gasteiger partial charge in [0.05, 0.1) is 21.5 Å². The highest BCUT2D eigenvalue weighted by Gasteiger charge is 2.46. The van der Waals surface area contributed by atoms with Crippen LogP contribution in [-0.2, 0) is 13.6 Å². The third-order valence-electron chi connectivity index (χ3n) is 7.76. The third kappa shape index (κ3) is 2.54. The van der Waals surface area contributed by atoms with Gasteiger partial charge in [0.15, 0.2) is 0 Å². The highest BCUT2D eigenvalue weighted by molar-refractivity contribution is 5.97. The van der Waals surface area contributed by atoms with E-state index >= 15 is 0 Å². The molecule has 0 amide bonds. The molecule has 0 radical (unpaired) electrons. The smallest absolute Gasteiger partial charge is 0.261 e. The molecule has 2 heterocycles. The van der Waals surface area contributed by atoms with Crippen LogP contribution >= 0.6 is 0 Å². The molecule has 0 N–H and O–H groups in total. The van der Waals surface area contributed by atoms with Crippen LogP contribution in [0.1, 0.15) is 45.4 Å². The minimum Gasteiger partial charge on any atom is -0.277 e. The molecule has 2 saturated carbocycles. The summed E-state index contributed by atoms with van der Waals surface area (Å²) in [5.41, 5.74) is -1.51. The lowest BCUT2D eigenvalue weighted by molar-refractivity contribution is 0.286. The van der Waals surface area contributed by atoms with E-state index in [4.69, 9.17) is 0 Å². The van der Waals surface area contributed by atoms with E-state index in [9.17, 15) is 19.2 Å². The normalized spacial score (nSPS) is 26.3. The maximum absolute atomic E-state index is 12.9. The average Bonchev–Trinajstić information content (AvgIpc) is 3.39. The van der Waals surface area contributed by atoms with E-state index in [1.165, 1.54) is 55.9 Å². The molecule has 2 aliphatic rings. The molecule has 4 atom stereocenters. The number of hydrogen-bond donors (Lipinski definition) is 0. The molecule has 0 saturated heterocycles. The Kier molecular flexibility index (Phi) is 4.16. The minimum atomic E-state index is -0.420. The summed E-state index contributed by atoms with van der Waals surface area (Å²) in [7, 11) is 1.41. The van der Waals surface area contributed by atoms with Crippen LogP contribution in [0, 0.1) is 23.7 Å². The minimum absolute atomic E-state index is 0.218. The van der Waals surface area contributed by atoms with Gasteiger partial charge in [-0.1, -0.05) is 19.8 Å². The van der Waals surface area contributed by atoms with Gasteiger partial charge in [-0.25, -0.2) is 0 Å². The SMILES string of the molecule is CCCC1CC2CCC1C2CCn1c(=O)c2cc3c(=O)n(C)c(=O)c3cc2c1=O. The molecule has 2 aliphatic carbocycles. The molecule has 2 fully saturated rings. The van der Waals surface area contributed by atoms with Crippen molar-refractivity contribution >= 4 is 21.5 Å². The van der Waals surface area contributed by atoms with E-state index in [2.05, 4.69) is 6.92 Å². The number of benzene rings is 1. The third-order valence-corrected chi connectivity index (χ3v) is 7.76. The van der Waals surface area contributed by atoms with Crippen LogP contribution in [0.5, 0.6) is 0 Å². The van der Waals surface area contributed by atoms with Gasteiger partial charge in [-0.15, -0.1) is 0 Å². The van der Waals surface area contributed by atoms with Crippen LogP contribution in [0.15, 0.2) is 31.3 Å². The molecule has 4 unspecified atom stereocenters. The zero-order valence-electron chi connectivity index (χ0n) is 16.9. The first-order chi connectivity index (χ1) is 13.9. The Morgan fingerprint density at radius 2 is 1.45 bits per heavy atom. The number of hydrogen-bond acceptors (Lipinski definition) is 4. The predicted molar refractivity (Wildman–Crippen MR) is 113 cm³/mol. The topological polar surface area (TPSA) is 78.1 Å². The highest BCUT2D eigenvalue weighted by atomic mass is 16.2. The quantitative estimate of drug-likeness (QED) is 0.665. The van der Waals surface area contributed by atoms with Crippen molar-refractivity contribution < 1.29 is 0 Å². The van der Waals surface area contributed by atoms with E-state index < -0.39 is 11.1 Å². The van der Waals surface area contributed by atoms with Crippen molar-refractivity contribution in [2.75, 3.05) is 0 Å². The van der Waals surface area contributed by atoms with E-state index in [1.54, 1.807) is 0 Å². The second kappa shape index (κ2) is 6.51. The second-order valence-electron chi connectivity index (χ2n) is 9.11. The van der Waals surface area contributed by atoms with E-state index in [-0.39, 0.29) is 32.7 Å². The van der Waals surface area contributed by atoms with Crippen molar-refractivity contribution in [2.24, 2.45) is 30.7 Å². The van der Waals surface area contributed by atoms with Crippen LogP contribution in [0.4, 0.5) is 0 Å². The van der Waals surface area contributed by atoms with Crippen LogP contribution in [0.25, 0.3) is 21.5 Å². The van der Waals surface area contributed by atoms with Crippen molar-refractivity contribution in [3.8, 4) is 0 Å². The van der Waals surface area contributed by atoms with Crippen LogP contribution in [0.3, 0.4) is 0 Å². The maximum Gasteiger partial charge on any atom is 0.261 e. The van der Waals surface area contributed by atoms with E-state index in [1.807, 2.05) is 0 Å². The zero-order chi connectivity index (χ0) is 20.4. The first-order valence-corrected chi connectivity index (χ1v) is 10.8. The Hall–Kier alpha value is -2.50. The summed E-state index contributed by atoms with van der Waals surface area (Å²) >= 11 is 0. The largest absolute Gasteiger partial charge is 0.277 e. The van der Waals surface area contributed by atoms with Crippen molar-refractivity contribution in [1.82, 2.24) is 9.13 Å². The summed E-state index contributed by atoms with van der Waals surface area (Å²) in [6, 6.07) is 2.87. The Bertz CT molecular complexity index is 1240. The summed E-state index contributed by atoms with van der Waals surface area (Å²) in [5, 5.41) is 0.942.